The number of hydrogen-bond acceptors (Lipinski definition) is 3. The Labute approximate surface area is 128 Å². The third kappa shape index (κ3) is 5.55. The van der Waals surface area contributed by atoms with E-state index in [4.69, 9.17) is 0 Å². The van der Waals surface area contributed by atoms with Crippen LogP contribution in [0, 0.1) is 0 Å². The average Bonchev–Trinajstić information content (AvgIpc) is 2.98. The van der Waals surface area contributed by atoms with Gasteiger partial charge in [-0.05, 0) is 36.8 Å². The molecule has 0 spiro atoms. The molecule has 0 radical (unpaired) electrons. The molecule has 0 unspecified atom stereocenters. The molecule has 0 saturated heterocycles. The molecule has 2 aromatic heterocycles. The molecule has 0 aromatic carbocycles. The molecule has 0 atom stereocenters. The van der Waals surface area contributed by atoms with Gasteiger partial charge in [0.25, 0.3) is 0 Å². The third-order valence-corrected chi connectivity index (χ3v) is 4.14. The van der Waals surface area contributed by atoms with E-state index in [1.165, 1.54) is 4.88 Å². The zero-order valence-electron chi connectivity index (χ0n) is 12.0. The van der Waals surface area contributed by atoms with E-state index in [1.807, 2.05) is 12.1 Å². The Morgan fingerprint density at radius 3 is 2.86 bits per heavy atom. The number of carbonyl (C=O) groups is 1. The molecule has 2 aromatic rings. The van der Waals surface area contributed by atoms with Crippen molar-refractivity contribution in [2.24, 2.45) is 0 Å². The number of aromatic nitrogens is 1. The second-order valence-electron chi connectivity index (χ2n) is 4.87. The van der Waals surface area contributed by atoms with Gasteiger partial charge in [-0.2, -0.15) is 0 Å². The summed E-state index contributed by atoms with van der Waals surface area (Å²) in [4.78, 5) is 24.5. The summed E-state index contributed by atoms with van der Waals surface area (Å²) in [7, 11) is 0. The fourth-order valence-corrected chi connectivity index (χ4v) is 2.84. The van der Waals surface area contributed by atoms with Crippen LogP contribution in [0.4, 0.5) is 0 Å². The molecule has 1 amide bonds. The summed E-state index contributed by atoms with van der Waals surface area (Å²) in [6, 6.07) is 9.24. The Balaban J connectivity index is 1.57. The van der Waals surface area contributed by atoms with Gasteiger partial charge < -0.3 is 9.88 Å². The number of nitrogens with zero attached hydrogens (tertiary/aromatic N) is 1. The fourth-order valence-electron chi connectivity index (χ4n) is 2.09. The molecule has 0 fully saturated rings. The van der Waals surface area contributed by atoms with Gasteiger partial charge in [0.05, 0.1) is 0 Å². The van der Waals surface area contributed by atoms with E-state index in [0.717, 1.165) is 19.3 Å². The molecule has 0 bridgehead atoms. The van der Waals surface area contributed by atoms with Crippen molar-refractivity contribution >= 4 is 17.2 Å². The predicted molar refractivity (Wildman–Crippen MR) is 85.6 cm³/mol. The molecule has 21 heavy (non-hydrogen) atoms. The highest BCUT2D eigenvalue weighted by molar-refractivity contribution is 7.09. The molecule has 112 valence electrons. The van der Waals surface area contributed by atoms with Crippen LogP contribution in [0.2, 0.25) is 0 Å². The summed E-state index contributed by atoms with van der Waals surface area (Å²) in [6.45, 7) is 1.24. The van der Waals surface area contributed by atoms with E-state index < -0.39 is 0 Å². The first-order chi connectivity index (χ1) is 10.3. The maximum Gasteiger partial charge on any atom is 0.250 e. The minimum Gasteiger partial charge on any atom is -0.356 e. The van der Waals surface area contributed by atoms with Crippen molar-refractivity contribution in [2.45, 2.75) is 32.2 Å². The quantitative estimate of drug-likeness (QED) is 0.762. The third-order valence-electron chi connectivity index (χ3n) is 3.20. The van der Waals surface area contributed by atoms with E-state index in [-0.39, 0.29) is 11.5 Å². The van der Waals surface area contributed by atoms with Crippen molar-refractivity contribution < 1.29 is 4.79 Å². The summed E-state index contributed by atoms with van der Waals surface area (Å²) in [5.41, 5.74) is -0.000209. The number of pyridine rings is 1. The molecular formula is C16H20N2O2S. The van der Waals surface area contributed by atoms with Crippen LogP contribution in [0.3, 0.4) is 0 Å². The lowest BCUT2D eigenvalue weighted by molar-refractivity contribution is -0.121. The van der Waals surface area contributed by atoms with E-state index in [2.05, 4.69) is 16.8 Å². The molecule has 4 nitrogen and oxygen atoms in total. The van der Waals surface area contributed by atoms with Crippen LogP contribution in [0.5, 0.6) is 0 Å². The van der Waals surface area contributed by atoms with Gasteiger partial charge >= 0.3 is 0 Å². The summed E-state index contributed by atoms with van der Waals surface area (Å²) >= 11 is 1.73. The first kappa shape index (κ1) is 15.5. The zero-order valence-corrected chi connectivity index (χ0v) is 12.8. The Morgan fingerprint density at radius 1 is 1.19 bits per heavy atom. The van der Waals surface area contributed by atoms with Crippen molar-refractivity contribution in [3.05, 3.63) is 57.1 Å². The van der Waals surface area contributed by atoms with E-state index in [0.29, 0.717) is 19.5 Å². The van der Waals surface area contributed by atoms with Crippen LogP contribution in [0.15, 0.2) is 46.7 Å². The maximum atomic E-state index is 11.7. The van der Waals surface area contributed by atoms with Crippen molar-refractivity contribution in [3.63, 3.8) is 0 Å². The van der Waals surface area contributed by atoms with Crippen molar-refractivity contribution in [1.29, 1.82) is 0 Å². The van der Waals surface area contributed by atoms with Gasteiger partial charge in [0.1, 0.15) is 0 Å². The van der Waals surface area contributed by atoms with Crippen LogP contribution in [0.1, 0.15) is 24.1 Å². The summed E-state index contributed by atoms with van der Waals surface area (Å²) in [5, 5.41) is 4.96. The van der Waals surface area contributed by atoms with Gasteiger partial charge in [-0.1, -0.05) is 12.1 Å². The second kappa shape index (κ2) is 8.42. The number of amides is 1. The predicted octanol–water partition coefficient (Wildman–Crippen LogP) is 2.44. The minimum absolute atomic E-state index is 0.000209. The standard InChI is InChI=1S/C16H20N2O2S/c19-15(8-3-6-14-7-4-13-21-14)17-10-5-12-18-11-2-1-9-16(18)20/h1-2,4,7,9,11,13H,3,5-6,8,10,12H2,(H,17,19). The number of nitrogens with one attached hydrogen (secondary N) is 1. The number of hydrogen-bond donors (Lipinski definition) is 1. The Bertz CT molecular complexity index is 605. The number of rotatable bonds is 8. The average molecular weight is 304 g/mol. The van der Waals surface area contributed by atoms with Crippen LogP contribution in [0.25, 0.3) is 0 Å². The smallest absolute Gasteiger partial charge is 0.250 e. The van der Waals surface area contributed by atoms with Crippen molar-refractivity contribution in [2.75, 3.05) is 6.54 Å². The second-order valence-corrected chi connectivity index (χ2v) is 5.90. The summed E-state index contributed by atoms with van der Waals surface area (Å²) in [6.07, 6.45) is 4.93. The molecule has 0 aliphatic rings. The van der Waals surface area contributed by atoms with Crippen molar-refractivity contribution in [1.82, 2.24) is 9.88 Å². The molecule has 2 heterocycles. The Hall–Kier alpha value is -1.88. The molecule has 0 aliphatic carbocycles. The van der Waals surface area contributed by atoms with Gasteiger partial charge in [0.2, 0.25) is 11.5 Å². The van der Waals surface area contributed by atoms with Gasteiger partial charge in [0.15, 0.2) is 0 Å². The highest BCUT2D eigenvalue weighted by atomic mass is 32.1. The van der Waals surface area contributed by atoms with Gasteiger partial charge in [-0.25, -0.2) is 0 Å². The highest BCUT2D eigenvalue weighted by Crippen LogP contribution is 2.11. The molecular weight excluding hydrogens is 284 g/mol. The molecule has 0 saturated carbocycles. The van der Waals surface area contributed by atoms with Gasteiger partial charge in [-0.3, -0.25) is 9.59 Å². The van der Waals surface area contributed by atoms with Gasteiger partial charge in [-0.15, -0.1) is 11.3 Å². The Morgan fingerprint density at radius 2 is 2.10 bits per heavy atom. The van der Waals surface area contributed by atoms with E-state index in [9.17, 15) is 9.59 Å². The SMILES string of the molecule is O=C(CCCc1cccs1)NCCCn1ccccc1=O. The van der Waals surface area contributed by atoms with Gasteiger partial charge in [0, 0.05) is 36.7 Å². The molecule has 2 rings (SSSR count). The molecule has 0 aliphatic heterocycles. The maximum absolute atomic E-state index is 11.7. The number of aryl methyl sites for hydroxylation is 2. The molecule has 1 N–H and O–H groups in total. The monoisotopic (exact) mass is 304 g/mol. The lowest BCUT2D eigenvalue weighted by atomic mass is 10.2. The lowest BCUT2D eigenvalue weighted by Gasteiger charge is -2.06. The van der Waals surface area contributed by atoms with E-state index >= 15 is 0 Å². The highest BCUT2D eigenvalue weighted by Gasteiger charge is 2.02. The lowest BCUT2D eigenvalue weighted by Crippen LogP contribution is -2.26. The number of carbonyl (C=O) groups excluding carboxylic acids is 1. The Kier molecular flexibility index (Phi) is 6.22. The van der Waals surface area contributed by atoms with Crippen LogP contribution >= 0.6 is 11.3 Å². The normalized spacial score (nSPS) is 10.5. The largest absolute Gasteiger partial charge is 0.356 e. The summed E-state index contributed by atoms with van der Waals surface area (Å²) in [5.74, 6) is 0.0898. The first-order valence-electron chi connectivity index (χ1n) is 7.20. The first-order valence-corrected chi connectivity index (χ1v) is 8.08. The summed E-state index contributed by atoms with van der Waals surface area (Å²) < 4.78 is 1.66. The molecule has 5 heteroatoms. The van der Waals surface area contributed by atoms with Crippen LogP contribution < -0.4 is 10.9 Å². The topological polar surface area (TPSA) is 51.1 Å². The van der Waals surface area contributed by atoms with Crippen LogP contribution in [-0.2, 0) is 17.8 Å². The van der Waals surface area contributed by atoms with Crippen molar-refractivity contribution in [3.8, 4) is 0 Å². The zero-order chi connectivity index (χ0) is 14.9. The van der Waals surface area contributed by atoms with E-state index in [1.54, 1.807) is 34.2 Å². The number of thiophene rings is 1. The minimum atomic E-state index is -0.000209. The van der Waals surface area contributed by atoms with Crippen LogP contribution in [-0.4, -0.2) is 17.0 Å². The fraction of sp³-hybridized carbons (Fsp3) is 0.375.